The first-order chi connectivity index (χ1) is 12.6. The molecular formula is C19H19N5O2. The van der Waals surface area contributed by atoms with Crippen molar-refractivity contribution in [2.24, 2.45) is 7.05 Å². The minimum absolute atomic E-state index is 0.0376. The summed E-state index contributed by atoms with van der Waals surface area (Å²) in [7, 11) is 1.95. The molecule has 0 radical (unpaired) electrons. The predicted octanol–water partition coefficient (Wildman–Crippen LogP) is 2.09. The van der Waals surface area contributed by atoms with Gasteiger partial charge in [-0.1, -0.05) is 12.1 Å². The van der Waals surface area contributed by atoms with Crippen molar-refractivity contribution >= 4 is 11.9 Å². The van der Waals surface area contributed by atoms with E-state index < -0.39 is 0 Å². The number of aromatic nitrogens is 3. The van der Waals surface area contributed by atoms with Crippen LogP contribution in [0.4, 0.5) is 5.95 Å². The highest BCUT2D eigenvalue weighted by Crippen LogP contribution is 2.26. The van der Waals surface area contributed by atoms with Gasteiger partial charge in [0, 0.05) is 38.4 Å². The average molecular weight is 349 g/mol. The number of rotatable bonds is 4. The Hall–Kier alpha value is -3.35. The van der Waals surface area contributed by atoms with Crippen molar-refractivity contribution in [3.8, 4) is 17.1 Å². The summed E-state index contributed by atoms with van der Waals surface area (Å²) >= 11 is 0. The van der Waals surface area contributed by atoms with Gasteiger partial charge < -0.3 is 20.3 Å². The van der Waals surface area contributed by atoms with E-state index in [0.29, 0.717) is 24.6 Å². The fourth-order valence-electron chi connectivity index (χ4n) is 3.21. The number of carbonyl (C=O) groups is 1. The summed E-state index contributed by atoms with van der Waals surface area (Å²) < 4.78 is 2.02. The van der Waals surface area contributed by atoms with E-state index in [1.807, 2.05) is 29.8 Å². The van der Waals surface area contributed by atoms with E-state index in [2.05, 4.69) is 20.6 Å². The van der Waals surface area contributed by atoms with Crippen molar-refractivity contribution in [3.63, 3.8) is 0 Å². The molecule has 0 fully saturated rings. The van der Waals surface area contributed by atoms with Crippen LogP contribution in [0.2, 0.25) is 0 Å². The standard InChI is InChI=1S/C19H19N5O2/c1-24-16-6-8-20-18(26)14(16)10-17(24)15-5-7-21-19(23-15)22-11-12-3-2-4-13(25)9-12/h2-5,7,9-10,25H,6,8,11H2,1H3,(H,20,26)(H,21,22,23). The minimum atomic E-state index is -0.0376. The van der Waals surface area contributed by atoms with Crippen LogP contribution in [-0.4, -0.2) is 32.1 Å². The smallest absolute Gasteiger partial charge is 0.253 e. The van der Waals surface area contributed by atoms with E-state index >= 15 is 0 Å². The van der Waals surface area contributed by atoms with Crippen molar-refractivity contribution in [1.29, 1.82) is 0 Å². The van der Waals surface area contributed by atoms with Crippen LogP contribution in [0.5, 0.6) is 5.75 Å². The van der Waals surface area contributed by atoms with Crippen molar-refractivity contribution in [1.82, 2.24) is 19.9 Å². The number of nitrogens with one attached hydrogen (secondary N) is 2. The number of hydrogen-bond acceptors (Lipinski definition) is 5. The molecule has 3 aromatic rings. The number of phenolic OH excluding ortho intramolecular Hbond substituents is 1. The quantitative estimate of drug-likeness (QED) is 0.671. The minimum Gasteiger partial charge on any atom is -0.508 e. The molecule has 0 aliphatic carbocycles. The Balaban J connectivity index is 1.59. The normalized spacial score (nSPS) is 13.2. The predicted molar refractivity (Wildman–Crippen MR) is 97.9 cm³/mol. The number of anilines is 1. The highest BCUT2D eigenvalue weighted by atomic mass is 16.3. The molecule has 0 bridgehead atoms. The van der Waals surface area contributed by atoms with Gasteiger partial charge in [0.1, 0.15) is 5.75 Å². The van der Waals surface area contributed by atoms with E-state index in [4.69, 9.17) is 0 Å². The molecule has 0 unspecified atom stereocenters. The SMILES string of the molecule is Cn1c(-c2ccnc(NCc3cccc(O)c3)n2)cc2c1CCNC2=O. The number of amides is 1. The summed E-state index contributed by atoms with van der Waals surface area (Å²) in [5, 5.41) is 15.6. The molecule has 1 aromatic carbocycles. The summed E-state index contributed by atoms with van der Waals surface area (Å²) in [4.78, 5) is 20.9. The number of phenols is 1. The molecule has 2 aromatic heterocycles. The third-order valence-corrected chi connectivity index (χ3v) is 4.53. The van der Waals surface area contributed by atoms with Gasteiger partial charge in [-0.2, -0.15) is 0 Å². The van der Waals surface area contributed by atoms with Crippen LogP contribution in [-0.2, 0) is 20.0 Å². The Kier molecular flexibility index (Phi) is 4.04. The summed E-state index contributed by atoms with van der Waals surface area (Å²) in [6.07, 6.45) is 2.50. The van der Waals surface area contributed by atoms with Gasteiger partial charge in [0.25, 0.3) is 5.91 Å². The van der Waals surface area contributed by atoms with Crippen molar-refractivity contribution in [2.45, 2.75) is 13.0 Å². The molecule has 3 N–H and O–H groups in total. The number of fused-ring (bicyclic) bond motifs is 1. The first-order valence-electron chi connectivity index (χ1n) is 8.44. The van der Waals surface area contributed by atoms with Gasteiger partial charge in [0.2, 0.25) is 5.95 Å². The Morgan fingerprint density at radius 1 is 1.31 bits per heavy atom. The highest BCUT2D eigenvalue weighted by molar-refractivity contribution is 5.97. The molecule has 7 nitrogen and oxygen atoms in total. The summed E-state index contributed by atoms with van der Waals surface area (Å²) in [6, 6.07) is 10.8. The zero-order chi connectivity index (χ0) is 18.1. The van der Waals surface area contributed by atoms with Gasteiger partial charge >= 0.3 is 0 Å². The molecule has 0 spiro atoms. The Labute approximate surface area is 150 Å². The second kappa shape index (κ2) is 6.51. The van der Waals surface area contributed by atoms with E-state index in [9.17, 15) is 9.90 Å². The fraction of sp³-hybridized carbons (Fsp3) is 0.211. The van der Waals surface area contributed by atoms with Gasteiger partial charge in [0.15, 0.2) is 0 Å². The monoisotopic (exact) mass is 349 g/mol. The Morgan fingerprint density at radius 2 is 2.19 bits per heavy atom. The lowest BCUT2D eigenvalue weighted by Crippen LogP contribution is -2.31. The summed E-state index contributed by atoms with van der Waals surface area (Å²) in [5.74, 6) is 0.686. The first-order valence-corrected chi connectivity index (χ1v) is 8.44. The van der Waals surface area contributed by atoms with Crippen LogP contribution in [0.15, 0.2) is 42.6 Å². The molecule has 1 amide bonds. The van der Waals surface area contributed by atoms with Gasteiger partial charge in [-0.05, 0) is 29.8 Å². The van der Waals surface area contributed by atoms with E-state index in [1.165, 1.54) is 0 Å². The number of hydrogen-bond donors (Lipinski definition) is 3. The van der Waals surface area contributed by atoms with E-state index in [-0.39, 0.29) is 11.7 Å². The summed E-state index contributed by atoms with van der Waals surface area (Å²) in [6.45, 7) is 1.16. The van der Waals surface area contributed by atoms with Crippen LogP contribution in [0, 0.1) is 0 Å². The maximum absolute atomic E-state index is 12.0. The van der Waals surface area contributed by atoms with Crippen molar-refractivity contribution in [3.05, 3.63) is 59.4 Å². The molecule has 1 aliphatic heterocycles. The van der Waals surface area contributed by atoms with Gasteiger partial charge in [0.05, 0.1) is 17.0 Å². The number of nitrogens with zero attached hydrogens (tertiary/aromatic N) is 3. The van der Waals surface area contributed by atoms with Crippen molar-refractivity contribution in [2.75, 3.05) is 11.9 Å². The van der Waals surface area contributed by atoms with E-state index in [0.717, 1.165) is 29.1 Å². The topological polar surface area (TPSA) is 92.1 Å². The maximum atomic E-state index is 12.0. The maximum Gasteiger partial charge on any atom is 0.253 e. The molecule has 132 valence electrons. The lowest BCUT2D eigenvalue weighted by molar-refractivity contribution is 0.0945. The molecule has 0 saturated heterocycles. The third kappa shape index (κ3) is 2.99. The number of carbonyl (C=O) groups excluding carboxylic acids is 1. The molecule has 4 rings (SSSR count). The average Bonchev–Trinajstić information content (AvgIpc) is 2.99. The molecule has 7 heteroatoms. The molecule has 26 heavy (non-hydrogen) atoms. The largest absolute Gasteiger partial charge is 0.508 e. The summed E-state index contributed by atoms with van der Waals surface area (Å²) in [5.41, 5.74) is 4.31. The Morgan fingerprint density at radius 3 is 3.00 bits per heavy atom. The van der Waals surface area contributed by atoms with Crippen LogP contribution in [0.1, 0.15) is 21.6 Å². The Bertz CT molecular complexity index is 980. The van der Waals surface area contributed by atoms with Crippen molar-refractivity contribution < 1.29 is 9.90 Å². The van der Waals surface area contributed by atoms with Gasteiger partial charge in [-0.3, -0.25) is 4.79 Å². The van der Waals surface area contributed by atoms with Gasteiger partial charge in [-0.25, -0.2) is 9.97 Å². The molecule has 3 heterocycles. The zero-order valence-corrected chi connectivity index (χ0v) is 14.4. The van der Waals surface area contributed by atoms with Crippen LogP contribution >= 0.6 is 0 Å². The zero-order valence-electron chi connectivity index (χ0n) is 14.4. The van der Waals surface area contributed by atoms with Gasteiger partial charge in [-0.15, -0.1) is 0 Å². The number of benzene rings is 1. The molecule has 0 saturated carbocycles. The second-order valence-corrected chi connectivity index (χ2v) is 6.24. The van der Waals surface area contributed by atoms with Crippen LogP contribution in [0.25, 0.3) is 11.4 Å². The third-order valence-electron chi connectivity index (χ3n) is 4.53. The van der Waals surface area contributed by atoms with Crippen LogP contribution < -0.4 is 10.6 Å². The van der Waals surface area contributed by atoms with E-state index in [1.54, 1.807) is 24.4 Å². The molecule has 0 atom stereocenters. The highest BCUT2D eigenvalue weighted by Gasteiger charge is 2.23. The molecular weight excluding hydrogens is 330 g/mol. The van der Waals surface area contributed by atoms with Crippen LogP contribution in [0.3, 0.4) is 0 Å². The number of aromatic hydroxyl groups is 1. The lowest BCUT2D eigenvalue weighted by atomic mass is 10.1. The molecule has 1 aliphatic rings. The first kappa shape index (κ1) is 16.1. The lowest BCUT2D eigenvalue weighted by Gasteiger charge is -2.14. The fourth-order valence-corrected chi connectivity index (χ4v) is 3.21. The second-order valence-electron chi connectivity index (χ2n) is 6.24.